The van der Waals surface area contributed by atoms with Gasteiger partial charge in [-0.2, -0.15) is 0 Å². The molecule has 0 spiro atoms. The monoisotopic (exact) mass is 485 g/mol. The molecule has 188 valence electrons. The Hall–Kier alpha value is -3.51. The number of nitrogens with one attached hydrogen (secondary N) is 1. The zero-order valence-corrected chi connectivity index (χ0v) is 21.5. The van der Waals surface area contributed by atoms with Crippen molar-refractivity contribution >= 4 is 16.8 Å². The van der Waals surface area contributed by atoms with E-state index in [0.29, 0.717) is 23.8 Å². The standard InChI is InChI=1S/C30H35N3O3/c1-17(2)18(3)23-13-24-19(12-27(23)36-4)9-10-33-15-25(30(31)35)28(29(24)33)21(16-34)11-20-14-32-26-8-6-5-7-22(20)26/h5-8,12-15,17-18,21,32,34H,9-11,16H2,1-4H3,(H2,31,35)/t18?,21-/m0/s1. The van der Waals surface area contributed by atoms with Crippen LogP contribution in [-0.2, 0) is 19.4 Å². The first-order chi connectivity index (χ1) is 17.3. The van der Waals surface area contributed by atoms with Gasteiger partial charge in [0.2, 0.25) is 0 Å². The van der Waals surface area contributed by atoms with E-state index in [1.54, 1.807) is 7.11 Å². The Balaban J connectivity index is 1.68. The Labute approximate surface area is 212 Å². The van der Waals surface area contributed by atoms with Crippen LogP contribution >= 0.6 is 0 Å². The zero-order chi connectivity index (χ0) is 25.6. The van der Waals surface area contributed by atoms with Crippen LogP contribution in [0.2, 0.25) is 0 Å². The number of fused-ring (bicyclic) bond motifs is 4. The number of hydrogen-bond donors (Lipinski definition) is 3. The van der Waals surface area contributed by atoms with Crippen molar-refractivity contribution in [1.82, 2.24) is 9.55 Å². The van der Waals surface area contributed by atoms with E-state index < -0.39 is 5.91 Å². The van der Waals surface area contributed by atoms with Crippen molar-refractivity contribution in [2.24, 2.45) is 11.7 Å². The molecule has 2 aromatic carbocycles. The van der Waals surface area contributed by atoms with Crippen LogP contribution in [0.1, 0.15) is 65.2 Å². The molecule has 2 atom stereocenters. The number of aliphatic hydroxyl groups excluding tert-OH is 1. The quantitative estimate of drug-likeness (QED) is 0.313. The number of methoxy groups -OCH3 is 1. The maximum absolute atomic E-state index is 12.7. The van der Waals surface area contributed by atoms with Crippen LogP contribution in [0.25, 0.3) is 22.2 Å². The van der Waals surface area contributed by atoms with Crippen LogP contribution in [-0.4, -0.2) is 34.3 Å². The number of aromatic amines is 1. The lowest BCUT2D eigenvalue weighted by atomic mass is 9.82. The molecule has 0 saturated heterocycles. The Morgan fingerprint density at radius 1 is 1.22 bits per heavy atom. The number of hydrogen-bond acceptors (Lipinski definition) is 3. The van der Waals surface area contributed by atoms with Gasteiger partial charge >= 0.3 is 0 Å². The lowest BCUT2D eigenvalue weighted by molar-refractivity contribution is 0.0998. The highest BCUT2D eigenvalue weighted by molar-refractivity contribution is 5.97. The first-order valence-electron chi connectivity index (χ1n) is 12.7. The summed E-state index contributed by atoms with van der Waals surface area (Å²) in [5.74, 6) is 0.913. The van der Waals surface area contributed by atoms with E-state index in [2.05, 4.69) is 48.5 Å². The Morgan fingerprint density at radius 3 is 2.69 bits per heavy atom. The maximum atomic E-state index is 12.7. The van der Waals surface area contributed by atoms with Gasteiger partial charge in [0.25, 0.3) is 5.91 Å². The molecule has 1 amide bonds. The number of H-pyrrole nitrogens is 1. The van der Waals surface area contributed by atoms with E-state index in [0.717, 1.165) is 57.6 Å². The molecule has 2 aromatic heterocycles. The zero-order valence-electron chi connectivity index (χ0n) is 21.5. The normalized spacial score (nSPS) is 14.5. The summed E-state index contributed by atoms with van der Waals surface area (Å²) < 4.78 is 7.94. The van der Waals surface area contributed by atoms with Gasteiger partial charge in [-0.25, -0.2) is 0 Å². The van der Waals surface area contributed by atoms with Gasteiger partial charge in [0.15, 0.2) is 0 Å². The fourth-order valence-electron chi connectivity index (χ4n) is 5.68. The van der Waals surface area contributed by atoms with Crippen LogP contribution in [0, 0.1) is 5.92 Å². The molecule has 3 heterocycles. The van der Waals surface area contributed by atoms with Crippen LogP contribution in [0.3, 0.4) is 0 Å². The number of aryl methyl sites for hydroxylation is 2. The van der Waals surface area contributed by atoms with Gasteiger partial charge in [0, 0.05) is 41.3 Å². The fraction of sp³-hybridized carbons (Fsp3) is 0.367. The summed E-state index contributed by atoms with van der Waals surface area (Å²) >= 11 is 0. The number of primary amides is 1. The summed E-state index contributed by atoms with van der Waals surface area (Å²) in [6.45, 7) is 7.31. The molecule has 0 saturated carbocycles. The highest BCUT2D eigenvalue weighted by Gasteiger charge is 2.31. The molecule has 0 bridgehead atoms. The minimum atomic E-state index is -0.463. The highest BCUT2D eigenvalue weighted by atomic mass is 16.5. The van der Waals surface area contributed by atoms with E-state index in [1.165, 1.54) is 5.56 Å². The molecule has 6 heteroatoms. The third-order valence-electron chi connectivity index (χ3n) is 7.98. The van der Waals surface area contributed by atoms with Crippen LogP contribution in [0.15, 0.2) is 48.8 Å². The number of aliphatic hydroxyl groups is 1. The van der Waals surface area contributed by atoms with Gasteiger partial charge in [-0.3, -0.25) is 4.79 Å². The first-order valence-corrected chi connectivity index (χ1v) is 12.7. The third-order valence-corrected chi connectivity index (χ3v) is 7.98. The smallest absolute Gasteiger partial charge is 0.250 e. The number of benzene rings is 2. The summed E-state index contributed by atoms with van der Waals surface area (Å²) in [7, 11) is 1.73. The third kappa shape index (κ3) is 3.99. The van der Waals surface area contributed by atoms with Gasteiger partial charge in [-0.15, -0.1) is 0 Å². The Morgan fingerprint density at radius 2 is 2.00 bits per heavy atom. The minimum Gasteiger partial charge on any atom is -0.496 e. The van der Waals surface area contributed by atoms with E-state index in [1.807, 2.05) is 30.6 Å². The van der Waals surface area contributed by atoms with E-state index in [4.69, 9.17) is 10.5 Å². The molecule has 0 radical (unpaired) electrons. The lowest BCUT2D eigenvalue weighted by Crippen LogP contribution is -2.18. The molecular formula is C30H35N3O3. The van der Waals surface area contributed by atoms with Gasteiger partial charge in [-0.1, -0.05) is 39.0 Å². The number of aromatic nitrogens is 2. The SMILES string of the molecule is COc1cc2c(cc1C(C)C(C)C)-c1c([C@H](CO)Cc3c[nH]c4ccccc34)c(C(N)=O)cn1CC2. The van der Waals surface area contributed by atoms with Crippen molar-refractivity contribution in [2.45, 2.75) is 52.0 Å². The summed E-state index contributed by atoms with van der Waals surface area (Å²) in [4.78, 5) is 16.0. The number of nitrogens with zero attached hydrogens (tertiary/aromatic N) is 1. The average Bonchev–Trinajstić information content (AvgIpc) is 3.47. The number of rotatable bonds is 8. The number of ether oxygens (including phenoxy) is 1. The number of carbonyl (C=O) groups excluding carboxylic acids is 1. The molecule has 1 aliphatic rings. The molecule has 0 aliphatic carbocycles. The fourth-order valence-corrected chi connectivity index (χ4v) is 5.68. The van der Waals surface area contributed by atoms with Crippen molar-refractivity contribution in [3.8, 4) is 17.0 Å². The van der Waals surface area contributed by atoms with Gasteiger partial charge in [-0.05, 0) is 65.1 Å². The molecule has 1 aliphatic heterocycles. The number of nitrogens with two attached hydrogens (primary N) is 1. The largest absolute Gasteiger partial charge is 0.496 e. The predicted octanol–water partition coefficient (Wildman–Crippen LogP) is 5.38. The molecular weight excluding hydrogens is 450 g/mol. The molecule has 36 heavy (non-hydrogen) atoms. The summed E-state index contributed by atoms with van der Waals surface area (Å²) in [5, 5.41) is 11.8. The Bertz CT molecular complexity index is 1430. The second kappa shape index (κ2) is 9.51. The van der Waals surface area contributed by atoms with E-state index in [9.17, 15) is 9.90 Å². The predicted molar refractivity (Wildman–Crippen MR) is 144 cm³/mol. The van der Waals surface area contributed by atoms with Crippen LogP contribution in [0.4, 0.5) is 0 Å². The van der Waals surface area contributed by atoms with Crippen LogP contribution < -0.4 is 10.5 Å². The van der Waals surface area contributed by atoms with Crippen molar-refractivity contribution in [1.29, 1.82) is 0 Å². The molecule has 4 aromatic rings. The maximum Gasteiger partial charge on any atom is 0.250 e. The van der Waals surface area contributed by atoms with Gasteiger partial charge in [0.1, 0.15) is 5.75 Å². The molecule has 1 unspecified atom stereocenters. The molecule has 6 nitrogen and oxygen atoms in total. The minimum absolute atomic E-state index is 0.0858. The number of amides is 1. The lowest BCUT2D eigenvalue weighted by Gasteiger charge is -2.27. The second-order valence-corrected chi connectivity index (χ2v) is 10.3. The summed E-state index contributed by atoms with van der Waals surface area (Å²) in [6.07, 6.45) is 5.32. The summed E-state index contributed by atoms with van der Waals surface area (Å²) in [5.41, 5.74) is 13.8. The van der Waals surface area contributed by atoms with E-state index >= 15 is 0 Å². The first kappa shape index (κ1) is 24.2. The van der Waals surface area contributed by atoms with Gasteiger partial charge < -0.3 is 25.1 Å². The molecule has 4 N–H and O–H groups in total. The molecule has 0 fully saturated rings. The Kier molecular flexibility index (Phi) is 6.39. The van der Waals surface area contributed by atoms with Crippen LogP contribution in [0.5, 0.6) is 5.75 Å². The average molecular weight is 486 g/mol. The number of carbonyl (C=O) groups is 1. The van der Waals surface area contributed by atoms with E-state index in [-0.39, 0.29) is 12.5 Å². The highest BCUT2D eigenvalue weighted by Crippen LogP contribution is 2.44. The topological polar surface area (TPSA) is 93.3 Å². The van der Waals surface area contributed by atoms with Crippen molar-refractivity contribution < 1.29 is 14.6 Å². The van der Waals surface area contributed by atoms with Crippen molar-refractivity contribution in [3.05, 3.63) is 76.6 Å². The second-order valence-electron chi connectivity index (χ2n) is 10.3. The van der Waals surface area contributed by atoms with Gasteiger partial charge in [0.05, 0.1) is 25.0 Å². The molecule has 5 rings (SSSR count). The van der Waals surface area contributed by atoms with Crippen molar-refractivity contribution in [2.75, 3.05) is 13.7 Å². The summed E-state index contributed by atoms with van der Waals surface area (Å²) in [6, 6.07) is 12.5. The van der Waals surface area contributed by atoms with Crippen molar-refractivity contribution in [3.63, 3.8) is 0 Å². The number of para-hydroxylation sites is 1.